The highest BCUT2D eigenvalue weighted by Gasteiger charge is 2.31. The summed E-state index contributed by atoms with van der Waals surface area (Å²) in [5, 5.41) is 3.17. The largest absolute Gasteiger partial charge is 0.461 e. The van der Waals surface area contributed by atoms with E-state index in [0.717, 1.165) is 11.1 Å². The van der Waals surface area contributed by atoms with Crippen LogP contribution in [0.25, 0.3) is 0 Å². The molecule has 0 atom stereocenters. The van der Waals surface area contributed by atoms with Gasteiger partial charge < -0.3 is 4.74 Å². The van der Waals surface area contributed by atoms with Gasteiger partial charge in [-0.15, -0.1) is 0 Å². The summed E-state index contributed by atoms with van der Waals surface area (Å²) < 4.78 is 30.5. The Kier molecular flexibility index (Phi) is 5.93. The first-order chi connectivity index (χ1) is 11.9. The van der Waals surface area contributed by atoms with Gasteiger partial charge in [-0.05, 0) is 44.5 Å². The van der Waals surface area contributed by atoms with Crippen LogP contribution in [0.2, 0.25) is 0 Å². The number of aryl methyl sites for hydroxylation is 2. The van der Waals surface area contributed by atoms with Crippen molar-refractivity contribution < 1.29 is 17.9 Å². The van der Waals surface area contributed by atoms with Crippen molar-refractivity contribution in [2.75, 3.05) is 12.0 Å². The predicted molar refractivity (Wildman–Crippen MR) is 97.2 cm³/mol. The molecule has 0 saturated carbocycles. The summed E-state index contributed by atoms with van der Waals surface area (Å²) in [7, 11) is -4.11. The van der Waals surface area contributed by atoms with E-state index in [1.54, 1.807) is 31.2 Å². The Bertz CT molecular complexity index is 888. The molecule has 0 heterocycles. The minimum absolute atomic E-state index is 0.0171. The van der Waals surface area contributed by atoms with Crippen LogP contribution >= 0.6 is 0 Å². The van der Waals surface area contributed by atoms with Crippen LogP contribution in [-0.2, 0) is 19.4 Å². The SMILES string of the molecule is CCOC(=O)/C(=N/Nc1ccccc1C)S(=O)(=O)c1ccc(C)cc1. The number of ether oxygens (including phenoxy) is 1. The number of para-hydroxylation sites is 1. The number of hydrogen-bond acceptors (Lipinski definition) is 6. The van der Waals surface area contributed by atoms with Gasteiger partial charge in [-0.1, -0.05) is 35.9 Å². The van der Waals surface area contributed by atoms with Crippen molar-refractivity contribution in [1.29, 1.82) is 0 Å². The maximum atomic E-state index is 12.8. The Morgan fingerprint density at radius 2 is 1.72 bits per heavy atom. The normalized spacial score (nSPS) is 11.9. The van der Waals surface area contributed by atoms with Gasteiger partial charge in [0.25, 0.3) is 5.04 Å². The summed E-state index contributed by atoms with van der Waals surface area (Å²) in [6, 6.07) is 13.4. The lowest BCUT2D eigenvalue weighted by molar-refractivity contribution is -0.134. The number of sulfone groups is 1. The van der Waals surface area contributed by atoms with E-state index in [1.807, 2.05) is 26.0 Å². The highest BCUT2D eigenvalue weighted by molar-refractivity contribution is 8.08. The van der Waals surface area contributed by atoms with E-state index in [1.165, 1.54) is 12.1 Å². The molecule has 0 aromatic heterocycles. The maximum absolute atomic E-state index is 12.8. The zero-order valence-electron chi connectivity index (χ0n) is 14.3. The number of anilines is 1. The molecule has 2 rings (SSSR count). The van der Waals surface area contributed by atoms with Crippen molar-refractivity contribution in [2.24, 2.45) is 5.10 Å². The second-order valence-electron chi connectivity index (χ2n) is 5.38. The summed E-state index contributed by atoms with van der Waals surface area (Å²) >= 11 is 0. The quantitative estimate of drug-likeness (QED) is 0.392. The summed E-state index contributed by atoms with van der Waals surface area (Å²) in [4.78, 5) is 12.1. The molecule has 132 valence electrons. The van der Waals surface area contributed by atoms with Crippen molar-refractivity contribution in [2.45, 2.75) is 25.7 Å². The van der Waals surface area contributed by atoms with Gasteiger partial charge in [-0.3, -0.25) is 5.43 Å². The maximum Gasteiger partial charge on any atom is 0.371 e. The summed E-state index contributed by atoms with van der Waals surface area (Å²) in [6.07, 6.45) is 0. The third-order valence-corrected chi connectivity index (χ3v) is 5.12. The van der Waals surface area contributed by atoms with Crippen LogP contribution in [0.5, 0.6) is 0 Å². The number of hydrogen-bond donors (Lipinski definition) is 1. The molecular weight excluding hydrogens is 340 g/mol. The zero-order valence-corrected chi connectivity index (χ0v) is 15.1. The molecule has 0 spiro atoms. The monoisotopic (exact) mass is 360 g/mol. The van der Waals surface area contributed by atoms with E-state index in [4.69, 9.17) is 4.74 Å². The highest BCUT2D eigenvalue weighted by Crippen LogP contribution is 2.17. The number of esters is 1. The first-order valence-corrected chi connectivity index (χ1v) is 9.22. The Hall–Kier alpha value is -2.67. The van der Waals surface area contributed by atoms with Gasteiger partial charge in [-0.2, -0.15) is 5.10 Å². The molecule has 0 aliphatic heterocycles. The fourth-order valence-electron chi connectivity index (χ4n) is 2.05. The molecule has 2 aromatic rings. The van der Waals surface area contributed by atoms with E-state index >= 15 is 0 Å². The lowest BCUT2D eigenvalue weighted by atomic mass is 10.2. The van der Waals surface area contributed by atoms with Crippen LogP contribution in [-0.4, -0.2) is 26.0 Å². The number of benzene rings is 2. The minimum Gasteiger partial charge on any atom is -0.461 e. The summed E-state index contributed by atoms with van der Waals surface area (Å²) in [6.45, 7) is 5.33. The molecule has 6 nitrogen and oxygen atoms in total. The first-order valence-electron chi connectivity index (χ1n) is 7.74. The van der Waals surface area contributed by atoms with E-state index < -0.39 is 20.9 Å². The number of carbonyl (C=O) groups is 1. The second-order valence-corrected chi connectivity index (χ2v) is 7.25. The van der Waals surface area contributed by atoms with E-state index in [0.29, 0.717) is 5.69 Å². The van der Waals surface area contributed by atoms with Crippen LogP contribution < -0.4 is 5.43 Å². The standard InChI is InChI=1S/C18H20N2O4S/c1-4-24-18(21)17(20-19-16-8-6-5-7-14(16)3)25(22,23)15-11-9-13(2)10-12-15/h5-12,19H,4H2,1-3H3/b20-17-. The molecule has 0 amide bonds. The van der Waals surface area contributed by atoms with Crippen LogP contribution in [0.3, 0.4) is 0 Å². The van der Waals surface area contributed by atoms with Crippen LogP contribution in [0, 0.1) is 13.8 Å². The Labute approximate surface area is 147 Å². The topological polar surface area (TPSA) is 84.8 Å². The molecule has 0 radical (unpaired) electrons. The summed E-state index contributed by atoms with van der Waals surface area (Å²) in [5.74, 6) is -0.996. The molecule has 0 unspecified atom stereocenters. The van der Waals surface area contributed by atoms with Crippen molar-refractivity contribution >= 4 is 26.5 Å². The van der Waals surface area contributed by atoms with Crippen molar-refractivity contribution in [3.8, 4) is 0 Å². The molecule has 0 fully saturated rings. The van der Waals surface area contributed by atoms with Crippen LogP contribution in [0.4, 0.5) is 5.69 Å². The third kappa shape index (κ3) is 4.45. The van der Waals surface area contributed by atoms with Crippen molar-refractivity contribution in [1.82, 2.24) is 0 Å². The first kappa shape index (κ1) is 18.7. The molecular formula is C18H20N2O4S. The average molecular weight is 360 g/mol. The summed E-state index contributed by atoms with van der Waals surface area (Å²) in [5.41, 5.74) is 5.02. The van der Waals surface area contributed by atoms with E-state index in [9.17, 15) is 13.2 Å². The second kappa shape index (κ2) is 7.94. The Morgan fingerprint density at radius 1 is 1.08 bits per heavy atom. The Balaban J connectivity index is 2.45. The number of nitrogens with one attached hydrogen (secondary N) is 1. The Morgan fingerprint density at radius 3 is 2.32 bits per heavy atom. The molecule has 0 aliphatic carbocycles. The lowest BCUT2D eigenvalue weighted by Gasteiger charge is -2.10. The molecule has 0 saturated heterocycles. The molecule has 7 heteroatoms. The molecule has 2 aromatic carbocycles. The van der Waals surface area contributed by atoms with Gasteiger partial charge in [0.1, 0.15) is 0 Å². The van der Waals surface area contributed by atoms with Crippen molar-refractivity contribution in [3.63, 3.8) is 0 Å². The number of rotatable bonds is 4. The van der Waals surface area contributed by atoms with Gasteiger partial charge >= 0.3 is 5.97 Å². The fraction of sp³-hybridized carbons (Fsp3) is 0.222. The van der Waals surface area contributed by atoms with Gasteiger partial charge in [0, 0.05) is 0 Å². The fourth-order valence-corrected chi connectivity index (χ4v) is 3.21. The number of nitrogens with zero attached hydrogens (tertiary/aromatic N) is 1. The molecule has 0 bridgehead atoms. The molecule has 0 aliphatic rings. The average Bonchev–Trinajstić information content (AvgIpc) is 2.57. The molecule has 25 heavy (non-hydrogen) atoms. The predicted octanol–water partition coefficient (Wildman–Crippen LogP) is 3.07. The highest BCUT2D eigenvalue weighted by atomic mass is 32.2. The van der Waals surface area contributed by atoms with Crippen LogP contribution in [0.1, 0.15) is 18.1 Å². The zero-order chi connectivity index (χ0) is 18.4. The van der Waals surface area contributed by atoms with Crippen molar-refractivity contribution in [3.05, 3.63) is 59.7 Å². The lowest BCUT2D eigenvalue weighted by Crippen LogP contribution is -2.28. The van der Waals surface area contributed by atoms with E-state index in [-0.39, 0.29) is 11.5 Å². The smallest absolute Gasteiger partial charge is 0.371 e. The molecule has 1 N–H and O–H groups in total. The number of hydrazone groups is 1. The van der Waals surface area contributed by atoms with Gasteiger partial charge in [0.2, 0.25) is 9.84 Å². The van der Waals surface area contributed by atoms with Gasteiger partial charge in [-0.25, -0.2) is 13.2 Å². The van der Waals surface area contributed by atoms with Gasteiger partial charge in [0.05, 0.1) is 17.2 Å². The van der Waals surface area contributed by atoms with E-state index in [2.05, 4.69) is 10.5 Å². The van der Waals surface area contributed by atoms with Crippen LogP contribution in [0.15, 0.2) is 58.5 Å². The third-order valence-electron chi connectivity index (χ3n) is 3.46. The van der Waals surface area contributed by atoms with Gasteiger partial charge in [0.15, 0.2) is 0 Å². The minimum atomic E-state index is -4.11. The number of carbonyl (C=O) groups excluding carboxylic acids is 1.